The van der Waals surface area contributed by atoms with Crippen LogP contribution in [-0.4, -0.2) is 17.5 Å². The summed E-state index contributed by atoms with van der Waals surface area (Å²) in [7, 11) is 0. The average molecular weight is 226 g/mol. The Morgan fingerprint density at radius 2 is 2.00 bits per heavy atom. The Morgan fingerprint density at radius 3 is 2.50 bits per heavy atom. The molecule has 0 heterocycles. The van der Waals surface area contributed by atoms with Gasteiger partial charge in [0.15, 0.2) is 0 Å². The lowest BCUT2D eigenvalue weighted by Gasteiger charge is -2.24. The second-order valence-electron chi connectivity index (χ2n) is 5.21. The third kappa shape index (κ3) is 4.12. The summed E-state index contributed by atoms with van der Waals surface area (Å²) in [6.45, 7) is 4.27. The summed E-state index contributed by atoms with van der Waals surface area (Å²) in [5.74, 6) is 0.143. The molecule has 3 N–H and O–H groups in total. The van der Waals surface area contributed by atoms with Crippen LogP contribution in [0.2, 0.25) is 0 Å². The average Bonchev–Trinajstić information content (AvgIpc) is 2.63. The van der Waals surface area contributed by atoms with Crippen LogP contribution in [0.4, 0.5) is 0 Å². The largest absolute Gasteiger partial charge is 0.353 e. The quantitative estimate of drug-likeness (QED) is 0.730. The van der Waals surface area contributed by atoms with Gasteiger partial charge in [-0.2, -0.15) is 0 Å². The maximum absolute atomic E-state index is 11.9. The third-order valence-electron chi connectivity index (χ3n) is 3.61. The lowest BCUT2D eigenvalue weighted by atomic mass is 9.94. The summed E-state index contributed by atoms with van der Waals surface area (Å²) in [6.07, 6.45) is 8.07. The normalized spacial score (nSPS) is 20.7. The summed E-state index contributed by atoms with van der Waals surface area (Å²) in [6, 6.07) is 0.336. The minimum Gasteiger partial charge on any atom is -0.353 e. The Balaban J connectivity index is 2.34. The Bertz CT molecular complexity index is 222. The van der Waals surface area contributed by atoms with Crippen molar-refractivity contribution in [2.24, 2.45) is 5.73 Å². The van der Waals surface area contributed by atoms with Crippen molar-refractivity contribution in [1.82, 2.24) is 5.32 Å². The highest BCUT2D eigenvalue weighted by Gasteiger charge is 2.31. The second-order valence-corrected chi connectivity index (χ2v) is 5.21. The van der Waals surface area contributed by atoms with Crippen LogP contribution in [0, 0.1) is 0 Å². The molecule has 0 aromatic rings. The molecule has 0 aliphatic heterocycles. The van der Waals surface area contributed by atoms with E-state index in [1.165, 1.54) is 12.8 Å². The molecule has 0 aromatic heterocycles. The zero-order chi connectivity index (χ0) is 12.0. The topological polar surface area (TPSA) is 55.1 Å². The molecular weight excluding hydrogens is 200 g/mol. The molecule has 1 amide bonds. The van der Waals surface area contributed by atoms with E-state index in [9.17, 15) is 4.79 Å². The van der Waals surface area contributed by atoms with E-state index in [2.05, 4.69) is 19.2 Å². The maximum Gasteiger partial charge on any atom is 0.222 e. The molecular formula is C13H26N2O. The van der Waals surface area contributed by atoms with Crippen molar-refractivity contribution >= 4 is 5.91 Å². The molecule has 1 aliphatic rings. The van der Waals surface area contributed by atoms with Crippen molar-refractivity contribution in [2.45, 2.75) is 76.8 Å². The van der Waals surface area contributed by atoms with E-state index >= 15 is 0 Å². The molecule has 1 rings (SSSR count). The summed E-state index contributed by atoms with van der Waals surface area (Å²) in [4.78, 5) is 11.9. The van der Waals surface area contributed by atoms with E-state index < -0.39 is 0 Å². The molecule has 1 atom stereocenters. The molecule has 3 heteroatoms. The molecule has 0 aromatic carbocycles. The lowest BCUT2D eigenvalue weighted by Crippen LogP contribution is -2.44. The standard InChI is InChI=1S/C13H26N2O/c1-3-7-11(4-2)15-12(16)10-13(14)8-5-6-9-13/h11H,3-10,14H2,1-2H3,(H,15,16). The van der Waals surface area contributed by atoms with E-state index in [0.29, 0.717) is 12.5 Å². The fourth-order valence-electron chi connectivity index (χ4n) is 2.58. The molecule has 1 aliphatic carbocycles. The van der Waals surface area contributed by atoms with Crippen molar-refractivity contribution in [1.29, 1.82) is 0 Å². The van der Waals surface area contributed by atoms with Gasteiger partial charge in [0.1, 0.15) is 0 Å². The summed E-state index contributed by atoms with van der Waals surface area (Å²) >= 11 is 0. The van der Waals surface area contributed by atoms with Crippen LogP contribution >= 0.6 is 0 Å². The van der Waals surface area contributed by atoms with Gasteiger partial charge in [-0.05, 0) is 25.7 Å². The monoisotopic (exact) mass is 226 g/mol. The van der Waals surface area contributed by atoms with E-state index in [1.54, 1.807) is 0 Å². The summed E-state index contributed by atoms with van der Waals surface area (Å²) < 4.78 is 0. The maximum atomic E-state index is 11.9. The third-order valence-corrected chi connectivity index (χ3v) is 3.61. The molecule has 0 spiro atoms. The van der Waals surface area contributed by atoms with E-state index in [0.717, 1.165) is 32.1 Å². The Morgan fingerprint density at radius 1 is 1.38 bits per heavy atom. The summed E-state index contributed by atoms with van der Waals surface area (Å²) in [5, 5.41) is 3.10. The smallest absolute Gasteiger partial charge is 0.222 e. The van der Waals surface area contributed by atoms with Gasteiger partial charge in [-0.15, -0.1) is 0 Å². The lowest BCUT2D eigenvalue weighted by molar-refractivity contribution is -0.123. The molecule has 3 nitrogen and oxygen atoms in total. The molecule has 0 saturated heterocycles. The zero-order valence-electron chi connectivity index (χ0n) is 10.7. The van der Waals surface area contributed by atoms with Crippen LogP contribution in [0.15, 0.2) is 0 Å². The van der Waals surface area contributed by atoms with Gasteiger partial charge in [0.05, 0.1) is 0 Å². The van der Waals surface area contributed by atoms with Gasteiger partial charge in [-0.3, -0.25) is 4.79 Å². The minimum atomic E-state index is -0.214. The van der Waals surface area contributed by atoms with Crippen LogP contribution in [0.25, 0.3) is 0 Å². The van der Waals surface area contributed by atoms with E-state index in [1.807, 2.05) is 0 Å². The first-order valence-corrected chi connectivity index (χ1v) is 6.68. The van der Waals surface area contributed by atoms with Crippen LogP contribution in [-0.2, 0) is 4.79 Å². The number of nitrogens with two attached hydrogens (primary N) is 1. The number of hydrogen-bond acceptors (Lipinski definition) is 2. The Kier molecular flexibility index (Phi) is 5.26. The van der Waals surface area contributed by atoms with Gasteiger partial charge in [0.2, 0.25) is 5.91 Å². The molecule has 16 heavy (non-hydrogen) atoms. The van der Waals surface area contributed by atoms with Crippen molar-refractivity contribution in [2.75, 3.05) is 0 Å². The molecule has 1 unspecified atom stereocenters. The highest BCUT2D eigenvalue weighted by molar-refractivity contribution is 5.77. The first kappa shape index (κ1) is 13.5. The Labute approximate surface area is 99.2 Å². The van der Waals surface area contributed by atoms with Gasteiger partial charge in [-0.1, -0.05) is 33.1 Å². The number of rotatable bonds is 6. The van der Waals surface area contributed by atoms with Gasteiger partial charge < -0.3 is 11.1 Å². The van der Waals surface area contributed by atoms with Crippen molar-refractivity contribution < 1.29 is 4.79 Å². The fraction of sp³-hybridized carbons (Fsp3) is 0.923. The number of hydrogen-bond donors (Lipinski definition) is 2. The van der Waals surface area contributed by atoms with Crippen LogP contribution in [0.1, 0.15) is 65.2 Å². The SMILES string of the molecule is CCCC(CC)NC(=O)CC1(N)CCCC1. The summed E-state index contributed by atoms with van der Waals surface area (Å²) in [5.41, 5.74) is 5.98. The molecule has 0 bridgehead atoms. The van der Waals surface area contributed by atoms with Crippen LogP contribution in [0.5, 0.6) is 0 Å². The number of amides is 1. The second kappa shape index (κ2) is 6.24. The first-order valence-electron chi connectivity index (χ1n) is 6.68. The van der Waals surface area contributed by atoms with Gasteiger partial charge >= 0.3 is 0 Å². The highest BCUT2D eigenvalue weighted by atomic mass is 16.1. The van der Waals surface area contributed by atoms with Gasteiger partial charge in [0.25, 0.3) is 0 Å². The number of carbonyl (C=O) groups is 1. The highest BCUT2D eigenvalue weighted by Crippen LogP contribution is 2.29. The van der Waals surface area contributed by atoms with Gasteiger partial charge in [-0.25, -0.2) is 0 Å². The van der Waals surface area contributed by atoms with E-state index in [-0.39, 0.29) is 11.4 Å². The Hall–Kier alpha value is -0.570. The number of carbonyl (C=O) groups excluding carboxylic acids is 1. The van der Waals surface area contributed by atoms with Crippen LogP contribution < -0.4 is 11.1 Å². The molecule has 94 valence electrons. The van der Waals surface area contributed by atoms with Crippen molar-refractivity contribution in [3.8, 4) is 0 Å². The predicted molar refractivity (Wildman–Crippen MR) is 67.1 cm³/mol. The van der Waals surface area contributed by atoms with E-state index in [4.69, 9.17) is 5.73 Å². The predicted octanol–water partition coefficient (Wildman–Crippen LogP) is 2.34. The zero-order valence-corrected chi connectivity index (χ0v) is 10.7. The first-order chi connectivity index (χ1) is 7.59. The minimum absolute atomic E-state index is 0.143. The van der Waals surface area contributed by atoms with Crippen LogP contribution in [0.3, 0.4) is 0 Å². The van der Waals surface area contributed by atoms with Crippen molar-refractivity contribution in [3.05, 3.63) is 0 Å². The molecule has 1 saturated carbocycles. The van der Waals surface area contributed by atoms with Gasteiger partial charge in [0, 0.05) is 18.0 Å². The molecule has 0 radical (unpaired) electrons. The van der Waals surface area contributed by atoms with Crippen molar-refractivity contribution in [3.63, 3.8) is 0 Å². The fourth-order valence-corrected chi connectivity index (χ4v) is 2.58. The number of nitrogens with one attached hydrogen (secondary N) is 1. The molecule has 1 fully saturated rings.